The Balaban J connectivity index is 0.000000150. The smallest absolute Gasteiger partial charge is 0.234 e. The molecule has 11 nitrogen and oxygen atoms in total. The standard InChI is InChI=1S/C23H22N4OS.C22H21N5OS/c1-14-5-7-16-11-18(23(28)25-19(16)10-14)21-22(24-12-17-4-3-9-29-17)27-13-15(2)6-8-20(27)26-21;1-13-3-5-15-8-17(22(28)25-18(15)7-13)20-21(24-10-16-9-23-12-29-16)27-11-14(2)4-6-19(27)26-20/h3-10,13,18,24H,11-12H2,1-2H3,(H,25,28);3-7,9,11-12,17,24H,8,10H2,1-2H3,(H,25,28). The molecule has 4 N–H and O–H groups in total. The Bertz CT molecular complexity index is 2610. The number of imidazole rings is 2. The van der Waals surface area contributed by atoms with Gasteiger partial charge in [0.25, 0.3) is 0 Å². The van der Waals surface area contributed by atoms with E-state index in [1.54, 1.807) is 22.7 Å². The highest BCUT2D eigenvalue weighted by Gasteiger charge is 2.34. The number of pyridine rings is 2. The van der Waals surface area contributed by atoms with E-state index in [-0.39, 0.29) is 23.7 Å². The number of thiophene rings is 1. The number of nitrogens with one attached hydrogen (secondary N) is 4. The summed E-state index contributed by atoms with van der Waals surface area (Å²) in [7, 11) is 0. The molecule has 0 spiro atoms. The maximum atomic E-state index is 13.0. The minimum absolute atomic E-state index is 0.00222. The van der Waals surface area contributed by atoms with Crippen molar-refractivity contribution in [3.63, 3.8) is 0 Å². The van der Waals surface area contributed by atoms with Crippen LogP contribution >= 0.6 is 22.7 Å². The largest absolute Gasteiger partial charge is 0.365 e. The monoisotopic (exact) mass is 805 g/mol. The first-order chi connectivity index (χ1) is 28.2. The minimum atomic E-state index is -0.339. The van der Waals surface area contributed by atoms with Gasteiger partial charge in [-0.25, -0.2) is 9.97 Å². The van der Waals surface area contributed by atoms with Crippen molar-refractivity contribution in [2.75, 3.05) is 21.3 Å². The highest BCUT2D eigenvalue weighted by molar-refractivity contribution is 7.10. The van der Waals surface area contributed by atoms with Crippen molar-refractivity contribution < 1.29 is 9.59 Å². The van der Waals surface area contributed by atoms with Gasteiger partial charge in [0.05, 0.1) is 41.8 Å². The van der Waals surface area contributed by atoms with Gasteiger partial charge in [0.1, 0.15) is 22.9 Å². The molecule has 6 aromatic heterocycles. The van der Waals surface area contributed by atoms with Gasteiger partial charge < -0.3 is 21.3 Å². The third kappa shape index (κ3) is 7.46. The van der Waals surface area contributed by atoms with Crippen LogP contribution in [0.1, 0.15) is 66.4 Å². The van der Waals surface area contributed by atoms with Crippen LogP contribution in [-0.2, 0) is 35.5 Å². The number of rotatable bonds is 8. The Morgan fingerprint density at radius 2 is 1.17 bits per heavy atom. The molecular formula is C45H43N9O2S2. The zero-order chi connectivity index (χ0) is 39.9. The fraction of sp³-hybridized carbons (Fsp3) is 0.222. The van der Waals surface area contributed by atoms with Crippen molar-refractivity contribution in [1.82, 2.24) is 23.8 Å². The molecule has 0 saturated heterocycles. The van der Waals surface area contributed by atoms with Crippen LogP contribution in [0, 0.1) is 27.7 Å². The zero-order valence-corrected chi connectivity index (χ0v) is 34.3. The molecule has 2 aliphatic rings. The van der Waals surface area contributed by atoms with Crippen LogP contribution in [0.15, 0.2) is 102 Å². The van der Waals surface area contributed by atoms with E-state index in [1.807, 2.05) is 66.4 Å². The number of nitrogens with zero attached hydrogens (tertiary/aromatic N) is 5. The van der Waals surface area contributed by atoms with E-state index in [4.69, 9.17) is 9.97 Å². The van der Waals surface area contributed by atoms with Crippen LogP contribution in [0.4, 0.5) is 23.0 Å². The molecule has 8 aromatic rings. The zero-order valence-electron chi connectivity index (χ0n) is 32.7. The van der Waals surface area contributed by atoms with Gasteiger partial charge in [-0.05, 0) is 110 Å². The Morgan fingerprint density at radius 1 is 0.655 bits per heavy atom. The first kappa shape index (κ1) is 37.3. The highest BCUT2D eigenvalue weighted by Crippen LogP contribution is 2.37. The van der Waals surface area contributed by atoms with Crippen molar-refractivity contribution in [2.45, 2.75) is 65.5 Å². The average Bonchev–Trinajstić information content (AvgIpc) is 4.03. The lowest BCUT2D eigenvalue weighted by molar-refractivity contribution is -0.118. The number of hydrogen-bond donors (Lipinski definition) is 4. The van der Waals surface area contributed by atoms with Crippen LogP contribution in [0.3, 0.4) is 0 Å². The van der Waals surface area contributed by atoms with Crippen molar-refractivity contribution in [2.24, 2.45) is 0 Å². The lowest BCUT2D eigenvalue weighted by Crippen LogP contribution is -2.29. The predicted molar refractivity (Wildman–Crippen MR) is 233 cm³/mol. The summed E-state index contributed by atoms with van der Waals surface area (Å²) in [4.78, 5) is 42.2. The summed E-state index contributed by atoms with van der Waals surface area (Å²) < 4.78 is 4.11. The predicted octanol–water partition coefficient (Wildman–Crippen LogP) is 9.20. The number of thiazole rings is 1. The lowest BCUT2D eigenvalue weighted by Gasteiger charge is -2.24. The van der Waals surface area contributed by atoms with Gasteiger partial charge in [0.2, 0.25) is 11.8 Å². The molecule has 2 aliphatic heterocycles. The van der Waals surface area contributed by atoms with Gasteiger partial charge in [-0.15, -0.1) is 22.7 Å². The molecule has 2 atom stereocenters. The Morgan fingerprint density at radius 3 is 1.66 bits per heavy atom. The third-order valence-corrected chi connectivity index (χ3v) is 12.4. The highest BCUT2D eigenvalue weighted by atomic mass is 32.1. The number of benzene rings is 2. The second kappa shape index (κ2) is 15.6. The Labute approximate surface area is 344 Å². The van der Waals surface area contributed by atoms with E-state index in [1.165, 1.54) is 4.88 Å². The molecule has 8 heterocycles. The number of amides is 2. The second-order valence-corrected chi connectivity index (χ2v) is 17.1. The number of carbonyl (C=O) groups excluding carboxylic acids is 2. The number of aromatic nitrogens is 5. The summed E-state index contributed by atoms with van der Waals surface area (Å²) in [6, 6.07) is 24.7. The molecule has 13 heteroatoms. The van der Waals surface area contributed by atoms with Gasteiger partial charge in [-0.3, -0.25) is 23.4 Å². The second-order valence-electron chi connectivity index (χ2n) is 15.1. The fourth-order valence-electron chi connectivity index (χ4n) is 7.74. The Hall–Kier alpha value is -6.31. The van der Waals surface area contributed by atoms with Gasteiger partial charge in [0.15, 0.2) is 0 Å². The molecule has 292 valence electrons. The molecule has 2 unspecified atom stereocenters. The van der Waals surface area contributed by atoms with Crippen molar-refractivity contribution >= 4 is 68.8 Å². The van der Waals surface area contributed by atoms with Crippen LogP contribution in [-0.4, -0.2) is 35.6 Å². The first-order valence-corrected chi connectivity index (χ1v) is 21.1. The molecule has 0 radical (unpaired) electrons. The molecule has 0 saturated carbocycles. The molecule has 58 heavy (non-hydrogen) atoms. The van der Waals surface area contributed by atoms with Crippen LogP contribution < -0.4 is 21.3 Å². The summed E-state index contributed by atoms with van der Waals surface area (Å²) in [5.41, 5.74) is 13.8. The lowest BCUT2D eigenvalue weighted by atomic mass is 9.90. The normalized spacial score (nSPS) is 15.9. The van der Waals surface area contributed by atoms with E-state index in [2.05, 4.69) is 98.7 Å². The maximum absolute atomic E-state index is 13.0. The maximum Gasteiger partial charge on any atom is 0.234 e. The molecular weight excluding hydrogens is 763 g/mol. The molecule has 0 bridgehead atoms. The van der Waals surface area contributed by atoms with E-state index < -0.39 is 0 Å². The summed E-state index contributed by atoms with van der Waals surface area (Å²) in [6.45, 7) is 9.53. The van der Waals surface area contributed by atoms with Crippen LogP contribution in [0.5, 0.6) is 0 Å². The van der Waals surface area contributed by atoms with E-state index in [9.17, 15) is 9.59 Å². The summed E-state index contributed by atoms with van der Waals surface area (Å²) in [6.07, 6.45) is 7.27. The van der Waals surface area contributed by atoms with Gasteiger partial charge >= 0.3 is 0 Å². The van der Waals surface area contributed by atoms with Gasteiger partial charge in [-0.2, -0.15) is 0 Å². The van der Waals surface area contributed by atoms with Crippen LogP contribution in [0.25, 0.3) is 11.3 Å². The first-order valence-electron chi connectivity index (χ1n) is 19.3. The van der Waals surface area contributed by atoms with Gasteiger partial charge in [0, 0.05) is 39.7 Å². The molecule has 2 amide bonds. The fourth-order valence-corrected chi connectivity index (χ4v) is 8.91. The topological polar surface area (TPSA) is 130 Å². The Kier molecular flexibility index (Phi) is 10.00. The van der Waals surface area contributed by atoms with Crippen molar-refractivity contribution in [1.29, 1.82) is 0 Å². The molecule has 0 aliphatic carbocycles. The summed E-state index contributed by atoms with van der Waals surface area (Å²) in [5, 5.41) is 15.3. The number of carbonyl (C=O) groups is 2. The third-order valence-electron chi connectivity index (χ3n) is 10.7. The number of hydrogen-bond acceptors (Lipinski definition) is 9. The molecule has 10 rings (SSSR count). The van der Waals surface area contributed by atoms with Crippen LogP contribution in [0.2, 0.25) is 0 Å². The molecule has 2 aromatic carbocycles. The number of anilines is 4. The summed E-state index contributed by atoms with van der Waals surface area (Å²) >= 11 is 3.32. The van der Waals surface area contributed by atoms with Crippen molar-refractivity contribution in [3.8, 4) is 0 Å². The molecule has 0 fully saturated rings. The van der Waals surface area contributed by atoms with E-state index in [0.717, 1.165) is 84.0 Å². The van der Waals surface area contributed by atoms with Gasteiger partial charge in [-0.1, -0.05) is 42.5 Å². The van der Waals surface area contributed by atoms with E-state index in [0.29, 0.717) is 25.9 Å². The minimum Gasteiger partial charge on any atom is -0.365 e. The summed E-state index contributed by atoms with van der Waals surface area (Å²) in [5.74, 6) is 1.10. The van der Waals surface area contributed by atoms with E-state index >= 15 is 0 Å². The quantitative estimate of drug-likeness (QED) is 0.121. The number of aryl methyl sites for hydroxylation is 4. The average molecular weight is 806 g/mol. The SMILES string of the molecule is Cc1ccc2c(c1)NC(=O)C(c1nc3ccc(C)cn3c1NCc1cccs1)C2.Cc1ccc2c(c1)NC(=O)C(c1nc3ccc(C)cn3c1NCc1cncs1)C2. The van der Waals surface area contributed by atoms with Crippen molar-refractivity contribution in [3.05, 3.63) is 157 Å². The number of fused-ring (bicyclic) bond motifs is 4.